The van der Waals surface area contributed by atoms with Gasteiger partial charge in [0.05, 0.1) is 48.5 Å². The van der Waals surface area contributed by atoms with Crippen LogP contribution in [0.15, 0.2) is 0 Å². The average molecular weight is 715 g/mol. The van der Waals surface area contributed by atoms with Crippen molar-refractivity contribution < 1.29 is 19.8 Å². The van der Waals surface area contributed by atoms with Gasteiger partial charge in [-0.05, 0) is 79.8 Å². The van der Waals surface area contributed by atoms with Crippen LogP contribution in [0.5, 0.6) is 0 Å². The maximum atomic E-state index is 13.1. The van der Waals surface area contributed by atoms with Gasteiger partial charge in [0.25, 0.3) is 0 Å². The summed E-state index contributed by atoms with van der Waals surface area (Å²) < 4.78 is 2.56. The van der Waals surface area contributed by atoms with Crippen molar-refractivity contribution in [1.29, 1.82) is 0 Å². The van der Waals surface area contributed by atoms with Crippen LogP contribution in [0.25, 0.3) is 45.5 Å². The lowest BCUT2D eigenvalue weighted by atomic mass is 9.97. The third-order valence-electron chi connectivity index (χ3n) is 10.1. The lowest BCUT2D eigenvalue weighted by molar-refractivity contribution is -0.534. The molecule has 274 valence electrons. The van der Waals surface area contributed by atoms with Crippen molar-refractivity contribution in [2.45, 2.75) is 107 Å². The predicted octanol–water partition coefficient (Wildman–Crippen LogP) is 8.24. The summed E-state index contributed by atoms with van der Waals surface area (Å²) in [5.41, 5.74) is 2.49. The second-order valence-corrected chi connectivity index (χ2v) is 12.4. The largest absolute Gasteiger partial charge is 0.378 e. The van der Waals surface area contributed by atoms with Crippen LogP contribution in [0.3, 0.4) is 0 Å². The molecule has 3 aromatic heterocycles. The number of nitrogens with zero attached hydrogens (tertiary/aromatic N) is 8. The van der Waals surface area contributed by atoms with Crippen molar-refractivity contribution in [2.75, 3.05) is 0 Å². The zero-order valence-electron chi connectivity index (χ0n) is 30.7. The Labute approximate surface area is 299 Å². The molecule has 8 bridgehead atoms. The first-order valence-electron chi connectivity index (χ1n) is 17.7. The van der Waals surface area contributed by atoms with Crippen LogP contribution in [-0.2, 0) is 45.1 Å². The molecule has 0 amide bonds. The lowest BCUT2D eigenvalue weighted by Crippen LogP contribution is -2.12. The summed E-state index contributed by atoms with van der Waals surface area (Å²) in [6.07, 6.45) is 5.63. The summed E-state index contributed by atoms with van der Waals surface area (Å²) in [5, 5.41) is 50.8. The number of aryl methyl sites for hydroxylation is 7. The van der Waals surface area contributed by atoms with Crippen molar-refractivity contribution in [2.24, 2.45) is 0 Å². The Hall–Kier alpha value is -5.80. The Balaban J connectivity index is 2.40. The van der Waals surface area contributed by atoms with E-state index in [-0.39, 0.29) is 47.4 Å². The van der Waals surface area contributed by atoms with Gasteiger partial charge in [0, 0.05) is 28.8 Å². The number of rotatable bonds is 12. The zero-order valence-corrected chi connectivity index (χ0v) is 30.7. The summed E-state index contributed by atoms with van der Waals surface area (Å²) in [7, 11) is 0. The number of hydrogen-bond acceptors (Lipinski definition) is 10. The van der Waals surface area contributed by atoms with Crippen LogP contribution in [0, 0.1) is 40.5 Å². The van der Waals surface area contributed by atoms with E-state index in [1.807, 2.05) is 20.8 Å². The second-order valence-electron chi connectivity index (χ2n) is 12.4. The van der Waals surface area contributed by atoms with E-state index in [2.05, 4.69) is 18.4 Å². The van der Waals surface area contributed by atoms with Gasteiger partial charge in [0.1, 0.15) is 5.69 Å². The molecule has 0 unspecified atom stereocenters. The maximum Gasteiger partial charge on any atom is 0.378 e. The number of hydrogen-bond donors (Lipinski definition) is 0. The smallest absolute Gasteiger partial charge is 0.341 e. The molecular formula is C36H42N8O8. The van der Waals surface area contributed by atoms with E-state index < -0.39 is 47.9 Å². The molecule has 5 heterocycles. The molecule has 52 heavy (non-hydrogen) atoms. The molecule has 3 aromatic rings. The van der Waals surface area contributed by atoms with Crippen LogP contribution >= 0.6 is 0 Å². The van der Waals surface area contributed by atoms with Crippen LogP contribution in [0.4, 0.5) is 11.4 Å². The average Bonchev–Trinajstić information content (AvgIpc) is 3.88. The molecule has 0 N–H and O–H groups in total. The molecular weight excluding hydrogens is 672 g/mol. The summed E-state index contributed by atoms with van der Waals surface area (Å²) >= 11 is 0. The Morgan fingerprint density at radius 3 is 1.33 bits per heavy atom. The van der Waals surface area contributed by atoms with Crippen molar-refractivity contribution in [3.63, 3.8) is 0 Å². The number of nitro groups is 4. The quantitative estimate of drug-likeness (QED) is 0.101. The van der Waals surface area contributed by atoms with Gasteiger partial charge in [-0.2, -0.15) is 0 Å². The van der Waals surface area contributed by atoms with Crippen molar-refractivity contribution in [1.82, 2.24) is 19.2 Å². The molecule has 2 aliphatic rings. The Morgan fingerprint density at radius 1 is 0.519 bits per heavy atom. The molecule has 0 atom stereocenters. The topological polar surface area (TPSA) is 208 Å². The van der Waals surface area contributed by atoms with Crippen molar-refractivity contribution in [3.05, 3.63) is 96.6 Å². The summed E-state index contributed by atoms with van der Waals surface area (Å²) in [6.45, 7) is 15.6. The summed E-state index contributed by atoms with van der Waals surface area (Å²) in [5.74, 6) is 0. The minimum absolute atomic E-state index is 0.0158. The van der Waals surface area contributed by atoms with Gasteiger partial charge >= 0.3 is 17.1 Å². The van der Waals surface area contributed by atoms with Crippen LogP contribution in [0.2, 0.25) is 0 Å². The van der Waals surface area contributed by atoms with Gasteiger partial charge in [0.15, 0.2) is 5.03 Å². The first-order valence-corrected chi connectivity index (χ1v) is 17.7. The summed E-state index contributed by atoms with van der Waals surface area (Å²) in [4.78, 5) is 58.9. The molecule has 0 aromatic carbocycles. The lowest BCUT2D eigenvalue weighted by Gasteiger charge is -2.12. The first-order chi connectivity index (χ1) is 24.8. The van der Waals surface area contributed by atoms with Gasteiger partial charge in [-0.15, -0.1) is 0 Å². The minimum Gasteiger partial charge on any atom is -0.341 e. The molecule has 0 saturated carbocycles. The van der Waals surface area contributed by atoms with E-state index in [1.165, 1.54) is 6.92 Å². The SMILES string of the molecule is CCC1=C([N+](=O)[O-])c2nc1c(CC)c1c(CC)c(CC)c(c(CC)c3nc(c(CC)c4c([N+](=O)[O-])c([N+](=O)[O-])c(c2CC)n4[N+](=O)[O-])C=C3)n1CC. The van der Waals surface area contributed by atoms with Crippen LogP contribution in [0.1, 0.15) is 118 Å². The second kappa shape index (κ2) is 14.4. The molecule has 0 spiro atoms. The molecule has 16 nitrogen and oxygen atoms in total. The standard InChI is InChI=1S/C36H42N8O8/c1-9-19-20(10-2)31-23(13-5)28-24(14-6)32(41(45)46)29(38-28)25(15-7)34-36(43(49)50)35(42(47)48)33(40(34)44(51)52)22(12-4)27-18-17-26(37-27)21(11-3)30(19)39(31)16-8/h17-18H,9-16H2,1-8H3. The van der Waals surface area contributed by atoms with Crippen LogP contribution in [-0.4, -0.2) is 39.0 Å². The number of aromatic nitrogens is 4. The highest BCUT2D eigenvalue weighted by Crippen LogP contribution is 2.46. The minimum atomic E-state index is -1.14. The monoisotopic (exact) mass is 714 g/mol. The van der Waals surface area contributed by atoms with Gasteiger partial charge in [-0.3, -0.25) is 30.3 Å². The highest BCUT2D eigenvalue weighted by atomic mass is 16.7. The van der Waals surface area contributed by atoms with Gasteiger partial charge in [0.2, 0.25) is 11.0 Å². The van der Waals surface area contributed by atoms with E-state index >= 15 is 0 Å². The number of allylic oxidation sites excluding steroid dienone is 1. The Bertz CT molecular complexity index is 2310. The van der Waals surface area contributed by atoms with E-state index in [0.29, 0.717) is 48.3 Å². The van der Waals surface area contributed by atoms with Gasteiger partial charge < -0.3 is 4.57 Å². The molecule has 16 heteroatoms. The predicted molar refractivity (Wildman–Crippen MR) is 199 cm³/mol. The van der Waals surface area contributed by atoms with Crippen molar-refractivity contribution in [3.8, 4) is 0 Å². The van der Waals surface area contributed by atoms with E-state index in [9.17, 15) is 40.5 Å². The maximum absolute atomic E-state index is 13.1. The van der Waals surface area contributed by atoms with Crippen LogP contribution < -0.4 is 0 Å². The normalized spacial score (nSPS) is 12.5. The molecule has 2 aliphatic heterocycles. The highest BCUT2D eigenvalue weighted by molar-refractivity contribution is 5.98. The Kier molecular flexibility index (Phi) is 10.4. The molecule has 0 fully saturated rings. The van der Waals surface area contributed by atoms with E-state index in [1.54, 1.807) is 26.0 Å². The fraction of sp³-hybridized carbons (Fsp3) is 0.444. The van der Waals surface area contributed by atoms with E-state index in [4.69, 9.17) is 9.97 Å². The molecule has 5 rings (SSSR count). The van der Waals surface area contributed by atoms with Gasteiger partial charge in [-0.25, -0.2) is 20.1 Å². The molecule has 0 aliphatic carbocycles. The number of fused-ring (bicyclic) bond motifs is 8. The van der Waals surface area contributed by atoms with Gasteiger partial charge in [-0.1, -0.05) is 48.5 Å². The van der Waals surface area contributed by atoms with Crippen molar-refractivity contribution >= 4 is 56.9 Å². The Morgan fingerprint density at radius 2 is 0.942 bits per heavy atom. The third-order valence-corrected chi connectivity index (χ3v) is 10.1. The molecule has 0 radical (unpaired) electrons. The third kappa shape index (κ3) is 5.43. The summed E-state index contributed by atoms with van der Waals surface area (Å²) in [6, 6.07) is 0. The molecule has 0 saturated heterocycles. The zero-order chi connectivity index (χ0) is 38.3. The fourth-order valence-electron chi connectivity index (χ4n) is 8.09. The fourth-order valence-corrected chi connectivity index (χ4v) is 8.09. The van der Waals surface area contributed by atoms with E-state index in [0.717, 1.165) is 33.3 Å². The first kappa shape index (κ1) is 37.5. The highest BCUT2D eigenvalue weighted by Gasteiger charge is 2.44.